The fourth-order valence-electron chi connectivity index (χ4n) is 2.81. The molecule has 22 heavy (non-hydrogen) atoms. The molecule has 4 nitrogen and oxygen atoms in total. The molecule has 0 bridgehead atoms. The molecule has 5 heteroatoms. The number of hydrogen-bond acceptors (Lipinski definition) is 2. The van der Waals surface area contributed by atoms with Gasteiger partial charge in [-0.25, -0.2) is 4.79 Å². The van der Waals surface area contributed by atoms with Crippen LogP contribution in [0.3, 0.4) is 0 Å². The van der Waals surface area contributed by atoms with Gasteiger partial charge in [0.1, 0.15) is 0 Å². The summed E-state index contributed by atoms with van der Waals surface area (Å²) in [6.07, 6.45) is 1.62. The molecule has 1 aromatic carbocycles. The Bertz CT molecular complexity index is 803. The highest BCUT2D eigenvalue weighted by Gasteiger charge is 2.22. The Kier molecular flexibility index (Phi) is 3.66. The number of benzene rings is 1. The summed E-state index contributed by atoms with van der Waals surface area (Å²) >= 11 is 1.71. The average molecular weight is 314 g/mol. The average Bonchev–Trinajstić information content (AvgIpc) is 3.06. The van der Waals surface area contributed by atoms with E-state index in [0.29, 0.717) is 6.42 Å². The molecule has 0 spiro atoms. The lowest BCUT2D eigenvalue weighted by Crippen LogP contribution is -2.44. The normalized spacial score (nSPS) is 11.7. The molecule has 0 saturated carbocycles. The van der Waals surface area contributed by atoms with Gasteiger partial charge in [0.05, 0.1) is 5.52 Å². The number of hydrogen-bond donors (Lipinski definition) is 3. The number of nitrogens with one attached hydrogen (secondary N) is 2. The number of para-hydroxylation sites is 1. The molecule has 3 rings (SSSR count). The molecule has 0 aliphatic heterocycles. The van der Waals surface area contributed by atoms with Crippen LogP contribution in [0.25, 0.3) is 21.3 Å². The van der Waals surface area contributed by atoms with Crippen molar-refractivity contribution >= 4 is 28.3 Å². The maximum atomic E-state index is 10.9. The van der Waals surface area contributed by atoms with Crippen LogP contribution in [0.2, 0.25) is 0 Å². The largest absolute Gasteiger partial charge is 0.465 e. The molecule has 2 heterocycles. The third-order valence-electron chi connectivity index (χ3n) is 3.67. The smallest absolute Gasteiger partial charge is 0.405 e. The highest BCUT2D eigenvalue weighted by molar-refractivity contribution is 7.13. The van der Waals surface area contributed by atoms with E-state index in [9.17, 15) is 4.79 Å². The minimum Gasteiger partial charge on any atom is -0.465 e. The van der Waals surface area contributed by atoms with E-state index in [4.69, 9.17) is 5.11 Å². The topological polar surface area (TPSA) is 65.1 Å². The first-order chi connectivity index (χ1) is 10.5. The number of fused-ring (bicyclic) bond motifs is 1. The molecule has 1 amide bonds. The van der Waals surface area contributed by atoms with E-state index in [-0.39, 0.29) is 0 Å². The second kappa shape index (κ2) is 5.50. The van der Waals surface area contributed by atoms with Gasteiger partial charge in [-0.1, -0.05) is 24.3 Å². The van der Waals surface area contributed by atoms with Gasteiger partial charge in [0.25, 0.3) is 0 Å². The predicted molar refractivity (Wildman–Crippen MR) is 90.6 cm³/mol. The lowest BCUT2D eigenvalue weighted by Gasteiger charge is -2.24. The summed E-state index contributed by atoms with van der Waals surface area (Å²) in [5.41, 5.74) is 2.89. The van der Waals surface area contributed by atoms with Gasteiger partial charge in [0, 0.05) is 27.6 Å². The van der Waals surface area contributed by atoms with Crippen LogP contribution in [0.5, 0.6) is 0 Å². The Morgan fingerprint density at radius 3 is 2.82 bits per heavy atom. The van der Waals surface area contributed by atoms with Crippen LogP contribution < -0.4 is 5.32 Å². The lowest BCUT2D eigenvalue weighted by molar-refractivity contribution is 0.182. The Hall–Kier alpha value is -2.27. The van der Waals surface area contributed by atoms with Gasteiger partial charge in [-0.05, 0) is 37.3 Å². The minimum atomic E-state index is -0.996. The molecule has 0 aliphatic carbocycles. The van der Waals surface area contributed by atoms with E-state index >= 15 is 0 Å². The van der Waals surface area contributed by atoms with E-state index in [1.165, 1.54) is 10.4 Å². The van der Waals surface area contributed by atoms with Crippen LogP contribution in [0.1, 0.15) is 19.4 Å². The van der Waals surface area contributed by atoms with Gasteiger partial charge in [-0.2, -0.15) is 0 Å². The van der Waals surface area contributed by atoms with Gasteiger partial charge in [-0.15, -0.1) is 11.3 Å². The Morgan fingerprint density at radius 2 is 2.14 bits per heavy atom. The van der Waals surface area contributed by atoms with Crippen LogP contribution in [-0.2, 0) is 6.42 Å². The van der Waals surface area contributed by atoms with Crippen molar-refractivity contribution in [2.24, 2.45) is 0 Å². The van der Waals surface area contributed by atoms with Crippen molar-refractivity contribution < 1.29 is 9.90 Å². The van der Waals surface area contributed by atoms with E-state index in [1.54, 1.807) is 11.3 Å². The molecule has 3 aromatic rings. The van der Waals surface area contributed by atoms with Crippen molar-refractivity contribution in [1.82, 2.24) is 10.3 Å². The van der Waals surface area contributed by atoms with Crippen LogP contribution in [0.4, 0.5) is 4.79 Å². The Balaban J connectivity index is 2.00. The van der Waals surface area contributed by atoms with Crippen molar-refractivity contribution in [3.05, 3.63) is 47.5 Å². The number of thiophene rings is 1. The first-order valence-electron chi connectivity index (χ1n) is 7.10. The molecule has 0 fully saturated rings. The monoisotopic (exact) mass is 314 g/mol. The molecule has 0 atom stereocenters. The molecule has 0 unspecified atom stereocenters. The maximum Gasteiger partial charge on any atom is 0.405 e. The Morgan fingerprint density at radius 1 is 1.32 bits per heavy atom. The second-order valence-corrected chi connectivity index (χ2v) is 6.96. The third kappa shape index (κ3) is 2.85. The SMILES string of the molecule is CC(C)(Cc1c[nH]c2c(-c3cccs3)cccc12)NC(=O)O. The molecular weight excluding hydrogens is 296 g/mol. The fraction of sp³-hybridized carbons (Fsp3) is 0.235. The molecular formula is C17H18N2O2S. The predicted octanol–water partition coefficient (Wildman–Crippen LogP) is 4.49. The number of H-pyrrole nitrogens is 1. The summed E-state index contributed by atoms with van der Waals surface area (Å²) in [5.74, 6) is 0. The zero-order valence-corrected chi connectivity index (χ0v) is 13.3. The first-order valence-corrected chi connectivity index (χ1v) is 7.98. The summed E-state index contributed by atoms with van der Waals surface area (Å²) in [6.45, 7) is 3.78. The highest BCUT2D eigenvalue weighted by atomic mass is 32.1. The molecule has 114 valence electrons. The number of amides is 1. The zero-order valence-electron chi connectivity index (χ0n) is 12.5. The lowest BCUT2D eigenvalue weighted by atomic mass is 9.94. The van der Waals surface area contributed by atoms with Crippen LogP contribution in [-0.4, -0.2) is 21.7 Å². The molecule has 3 N–H and O–H groups in total. The van der Waals surface area contributed by atoms with Crippen LogP contribution in [0.15, 0.2) is 41.9 Å². The van der Waals surface area contributed by atoms with E-state index in [1.807, 2.05) is 32.2 Å². The summed E-state index contributed by atoms with van der Waals surface area (Å²) in [4.78, 5) is 15.5. The standard InChI is InChI=1S/C17H18N2O2S/c1-17(2,19-16(20)21)9-11-10-18-15-12(11)5-3-6-13(15)14-7-4-8-22-14/h3-8,10,18-19H,9H2,1-2H3,(H,20,21). The molecule has 2 aromatic heterocycles. The second-order valence-electron chi connectivity index (χ2n) is 6.01. The summed E-state index contributed by atoms with van der Waals surface area (Å²) in [7, 11) is 0. The van der Waals surface area contributed by atoms with Crippen molar-refractivity contribution in [3.63, 3.8) is 0 Å². The van der Waals surface area contributed by atoms with Crippen molar-refractivity contribution in [2.75, 3.05) is 0 Å². The molecule has 0 saturated heterocycles. The van der Waals surface area contributed by atoms with Gasteiger partial charge >= 0.3 is 6.09 Å². The van der Waals surface area contributed by atoms with Crippen molar-refractivity contribution in [3.8, 4) is 10.4 Å². The summed E-state index contributed by atoms with van der Waals surface area (Å²) < 4.78 is 0. The van der Waals surface area contributed by atoms with Crippen LogP contribution >= 0.6 is 11.3 Å². The van der Waals surface area contributed by atoms with Crippen molar-refractivity contribution in [2.45, 2.75) is 25.8 Å². The summed E-state index contributed by atoms with van der Waals surface area (Å²) in [5, 5.41) is 14.7. The number of aromatic nitrogens is 1. The van der Waals surface area contributed by atoms with Gasteiger partial charge in [-0.3, -0.25) is 0 Å². The highest BCUT2D eigenvalue weighted by Crippen LogP contribution is 2.33. The van der Waals surface area contributed by atoms with Gasteiger partial charge < -0.3 is 15.4 Å². The van der Waals surface area contributed by atoms with E-state index < -0.39 is 11.6 Å². The number of rotatable bonds is 4. The van der Waals surface area contributed by atoms with Crippen LogP contribution in [0, 0.1) is 0 Å². The maximum absolute atomic E-state index is 10.9. The number of carbonyl (C=O) groups is 1. The zero-order chi connectivity index (χ0) is 15.7. The third-order valence-corrected chi connectivity index (χ3v) is 4.57. The fourth-order valence-corrected chi connectivity index (χ4v) is 3.56. The van der Waals surface area contributed by atoms with Crippen molar-refractivity contribution in [1.29, 1.82) is 0 Å². The summed E-state index contributed by atoms with van der Waals surface area (Å²) in [6, 6.07) is 10.4. The van der Waals surface area contributed by atoms with Gasteiger partial charge in [0.2, 0.25) is 0 Å². The molecule has 0 radical (unpaired) electrons. The Labute approximate surface area is 132 Å². The number of carboxylic acid groups (broad SMARTS) is 1. The quantitative estimate of drug-likeness (QED) is 0.664. The van der Waals surface area contributed by atoms with Gasteiger partial charge in [0.15, 0.2) is 0 Å². The first kappa shape index (κ1) is 14.7. The minimum absolute atomic E-state index is 0.514. The molecule has 0 aliphatic rings. The number of aromatic amines is 1. The van der Waals surface area contributed by atoms with E-state index in [2.05, 4.69) is 33.9 Å². The van der Waals surface area contributed by atoms with E-state index in [0.717, 1.165) is 16.5 Å².